The molecule has 246 valence electrons. The number of halogens is 2. The third kappa shape index (κ3) is 8.14. The summed E-state index contributed by atoms with van der Waals surface area (Å²) in [5, 5.41) is 13.2. The van der Waals surface area contributed by atoms with Gasteiger partial charge in [-0.15, -0.1) is 0 Å². The van der Waals surface area contributed by atoms with E-state index in [0.717, 1.165) is 65.8 Å². The summed E-state index contributed by atoms with van der Waals surface area (Å²) in [6.07, 6.45) is 3.21. The molecule has 0 aromatic heterocycles. The second kappa shape index (κ2) is 15.2. The van der Waals surface area contributed by atoms with Crippen LogP contribution in [0.2, 0.25) is 0 Å². The summed E-state index contributed by atoms with van der Waals surface area (Å²) in [5.74, 6) is -1.80. The van der Waals surface area contributed by atoms with Crippen LogP contribution >= 0.6 is 0 Å². The van der Waals surface area contributed by atoms with E-state index in [2.05, 4.69) is 5.32 Å². The van der Waals surface area contributed by atoms with Crippen molar-refractivity contribution in [2.24, 2.45) is 5.73 Å². The van der Waals surface area contributed by atoms with Crippen LogP contribution in [0.1, 0.15) is 41.5 Å². The number of benzene rings is 4. The van der Waals surface area contributed by atoms with Crippen LogP contribution in [0.3, 0.4) is 0 Å². The number of fused-ring (bicyclic) bond motifs is 2. The van der Waals surface area contributed by atoms with Crippen LogP contribution < -0.4 is 21.2 Å². The van der Waals surface area contributed by atoms with Crippen molar-refractivity contribution in [2.75, 3.05) is 26.3 Å². The molecular weight excluding hydrogens is 606 g/mol. The number of hydrogen-bond donors (Lipinski definition) is 3. The molecule has 2 aliphatic rings. The highest BCUT2D eigenvalue weighted by Crippen LogP contribution is 2.42. The van der Waals surface area contributed by atoms with Crippen LogP contribution in [0.15, 0.2) is 69.9 Å². The van der Waals surface area contributed by atoms with Crippen molar-refractivity contribution in [3.8, 4) is 33.9 Å². The first kappa shape index (κ1) is 33.6. The summed E-state index contributed by atoms with van der Waals surface area (Å²) in [6, 6.07) is 15.6. The Morgan fingerprint density at radius 3 is 2.55 bits per heavy atom. The monoisotopic (exact) mass is 644 g/mol. The predicted molar refractivity (Wildman–Crippen MR) is 177 cm³/mol. The summed E-state index contributed by atoms with van der Waals surface area (Å²) in [6.45, 7) is 6.11. The molecule has 5 rings (SSSR count). The van der Waals surface area contributed by atoms with Crippen LogP contribution in [0.5, 0.6) is 11.5 Å². The highest BCUT2D eigenvalue weighted by Gasteiger charge is 2.22. The number of carbonyl (C=O) groups excluding carboxylic acids is 1. The summed E-state index contributed by atoms with van der Waals surface area (Å²) >= 11 is 0. The minimum absolute atomic E-state index is 0.00322. The van der Waals surface area contributed by atoms with Gasteiger partial charge in [0.05, 0.1) is 19.6 Å². The second-order valence-corrected chi connectivity index (χ2v) is 11.6. The molecule has 0 radical (unpaired) electrons. The quantitative estimate of drug-likeness (QED) is 0.0926. The molecule has 1 amide bonds. The minimum atomic E-state index is -0.964. The lowest BCUT2D eigenvalue weighted by atomic mass is 9.92. The van der Waals surface area contributed by atoms with Crippen LogP contribution in [0.25, 0.3) is 33.4 Å². The van der Waals surface area contributed by atoms with E-state index in [1.807, 2.05) is 38.1 Å². The Balaban J connectivity index is 1.23. The van der Waals surface area contributed by atoms with Gasteiger partial charge in [0.1, 0.15) is 23.7 Å². The van der Waals surface area contributed by atoms with Gasteiger partial charge in [-0.3, -0.25) is 9.59 Å². The second-order valence-electron chi connectivity index (χ2n) is 11.6. The van der Waals surface area contributed by atoms with Crippen molar-refractivity contribution in [3.05, 3.63) is 105 Å². The van der Waals surface area contributed by atoms with E-state index in [9.17, 15) is 23.5 Å². The summed E-state index contributed by atoms with van der Waals surface area (Å²) in [4.78, 5) is 24.3. The Kier molecular flexibility index (Phi) is 10.8. The Morgan fingerprint density at radius 2 is 1.77 bits per heavy atom. The number of unbranched alkanes of at least 4 members (excludes halogenated alkanes) is 2. The Hall–Kier alpha value is -4.80. The number of nitrogens with two attached hydrogens (primary N) is 1. The van der Waals surface area contributed by atoms with Crippen molar-refractivity contribution >= 4 is 16.9 Å². The van der Waals surface area contributed by atoms with Crippen LogP contribution in [-0.4, -0.2) is 37.3 Å². The first-order valence-corrected chi connectivity index (χ1v) is 15.6. The van der Waals surface area contributed by atoms with E-state index in [-0.39, 0.29) is 29.4 Å². The van der Waals surface area contributed by atoms with Gasteiger partial charge in [-0.2, -0.15) is 0 Å². The van der Waals surface area contributed by atoms with Gasteiger partial charge in [0, 0.05) is 35.2 Å². The zero-order valence-corrected chi connectivity index (χ0v) is 26.5. The first-order valence-electron chi connectivity index (χ1n) is 15.6. The topological polar surface area (TPSA) is 124 Å². The number of nitrogens with one attached hydrogen (secondary N) is 1. The Morgan fingerprint density at radius 1 is 0.936 bits per heavy atom. The molecule has 0 atom stereocenters. The molecule has 1 aliphatic carbocycles. The average molecular weight is 645 g/mol. The highest BCUT2D eigenvalue weighted by atomic mass is 19.1. The maximum Gasteiger partial charge on any atom is 0.224 e. The van der Waals surface area contributed by atoms with Gasteiger partial charge in [-0.25, -0.2) is 8.78 Å². The molecule has 1 heterocycles. The summed E-state index contributed by atoms with van der Waals surface area (Å²) in [7, 11) is 0. The van der Waals surface area contributed by atoms with Crippen LogP contribution in [0, 0.1) is 25.5 Å². The molecule has 1 aliphatic heterocycles. The zero-order valence-electron chi connectivity index (χ0n) is 26.5. The molecule has 10 heteroatoms. The SMILES string of the molecule is Cc1cc(CC(=O)NCCCCCN)ccc1COCCOc1cc(-c2c3cc(F)c(=O)cc-3oc3cc(O)c(F)cc23)ccc1C. The van der Waals surface area contributed by atoms with E-state index in [1.165, 1.54) is 0 Å². The standard InChI is InChI=1S/C37H38F2N2O6/c1-22-6-8-25(37-27-17-29(38)31(42)19-34(27)47-35-20-32(43)30(39)18-28(35)37)16-33(22)46-13-12-45-21-26-9-7-24(14-23(26)2)15-36(44)41-11-5-3-4-10-40/h6-9,14,16-20,42H,3-5,10-13,15,21,40H2,1-2H3,(H,41,44). The number of phenols is 1. The average Bonchev–Trinajstić information content (AvgIpc) is 3.03. The van der Waals surface area contributed by atoms with E-state index in [0.29, 0.717) is 55.0 Å². The van der Waals surface area contributed by atoms with E-state index >= 15 is 0 Å². The lowest BCUT2D eigenvalue weighted by Crippen LogP contribution is -2.26. The fourth-order valence-electron chi connectivity index (χ4n) is 5.47. The number of rotatable bonds is 14. The molecule has 0 saturated carbocycles. The summed E-state index contributed by atoms with van der Waals surface area (Å²) < 4.78 is 46.6. The van der Waals surface area contributed by atoms with Gasteiger partial charge < -0.3 is 30.0 Å². The van der Waals surface area contributed by atoms with Gasteiger partial charge in [-0.1, -0.05) is 36.8 Å². The number of ether oxygens (including phenoxy) is 2. The molecule has 3 aromatic carbocycles. The minimum Gasteiger partial charge on any atom is -0.505 e. The molecule has 0 saturated heterocycles. The molecule has 47 heavy (non-hydrogen) atoms. The number of hydrogen-bond acceptors (Lipinski definition) is 7. The van der Waals surface area contributed by atoms with Gasteiger partial charge >= 0.3 is 0 Å². The Bertz CT molecular complexity index is 1920. The Labute approximate surface area is 271 Å². The number of amides is 1. The van der Waals surface area contributed by atoms with Gasteiger partial charge in [0.2, 0.25) is 11.3 Å². The largest absolute Gasteiger partial charge is 0.505 e. The molecular formula is C37H38F2N2O6. The molecule has 0 unspecified atom stereocenters. The van der Waals surface area contributed by atoms with Crippen LogP contribution in [0.4, 0.5) is 8.78 Å². The summed E-state index contributed by atoms with van der Waals surface area (Å²) in [5.41, 5.74) is 9.90. The number of aryl methyl sites for hydroxylation is 2. The number of carbonyl (C=O) groups is 1. The number of aromatic hydroxyl groups is 1. The fourth-order valence-corrected chi connectivity index (χ4v) is 5.47. The highest BCUT2D eigenvalue weighted by molar-refractivity contribution is 6.02. The maximum absolute atomic E-state index is 14.5. The van der Waals surface area contributed by atoms with Crippen molar-refractivity contribution in [3.63, 3.8) is 0 Å². The van der Waals surface area contributed by atoms with Crippen molar-refractivity contribution in [2.45, 2.75) is 46.1 Å². The van der Waals surface area contributed by atoms with E-state index < -0.39 is 22.8 Å². The first-order chi connectivity index (χ1) is 22.6. The van der Waals surface area contributed by atoms with Crippen molar-refractivity contribution in [1.82, 2.24) is 5.32 Å². The third-order valence-electron chi connectivity index (χ3n) is 8.04. The fraction of sp³-hybridized carbons (Fsp3) is 0.297. The maximum atomic E-state index is 14.5. The molecule has 4 N–H and O–H groups in total. The molecule has 3 aromatic rings. The number of phenolic OH excluding ortho intramolecular Hbond substituents is 1. The van der Waals surface area contributed by atoms with Gasteiger partial charge in [0.25, 0.3) is 0 Å². The normalized spacial score (nSPS) is 11.3. The van der Waals surface area contributed by atoms with Crippen molar-refractivity contribution < 1.29 is 32.6 Å². The van der Waals surface area contributed by atoms with Crippen molar-refractivity contribution in [1.29, 1.82) is 0 Å². The molecule has 0 spiro atoms. The molecule has 0 fully saturated rings. The zero-order chi connectivity index (χ0) is 33.5. The molecule has 8 nitrogen and oxygen atoms in total. The van der Waals surface area contributed by atoms with Crippen LogP contribution in [-0.2, 0) is 22.6 Å². The van der Waals surface area contributed by atoms with E-state index in [4.69, 9.17) is 19.6 Å². The lowest BCUT2D eigenvalue weighted by molar-refractivity contribution is -0.120. The smallest absolute Gasteiger partial charge is 0.224 e. The van der Waals surface area contributed by atoms with Gasteiger partial charge in [0.15, 0.2) is 17.4 Å². The van der Waals surface area contributed by atoms with E-state index in [1.54, 1.807) is 12.1 Å². The predicted octanol–water partition coefficient (Wildman–Crippen LogP) is 6.55. The molecule has 0 bridgehead atoms. The third-order valence-corrected chi connectivity index (χ3v) is 8.04. The van der Waals surface area contributed by atoms with Gasteiger partial charge in [-0.05, 0) is 79.3 Å². The lowest BCUT2D eigenvalue weighted by Gasteiger charge is -2.17.